The molecule has 2 aromatic carbocycles. The number of piperazine rings is 1. The number of amides is 1. The highest BCUT2D eigenvalue weighted by Crippen LogP contribution is 2.27. The Morgan fingerprint density at radius 1 is 1.07 bits per heavy atom. The number of carbonyl (C=O) groups is 1. The maximum Gasteiger partial charge on any atom is 0.223 e. The van der Waals surface area contributed by atoms with Gasteiger partial charge < -0.3 is 9.80 Å². The van der Waals surface area contributed by atoms with Crippen molar-refractivity contribution in [3.05, 3.63) is 53.8 Å². The molecule has 2 heterocycles. The zero-order valence-corrected chi connectivity index (χ0v) is 17.3. The van der Waals surface area contributed by atoms with Crippen LogP contribution in [0.25, 0.3) is 10.2 Å². The number of aromatic nitrogens is 1. The Kier molecular flexibility index (Phi) is 5.51. The maximum absolute atomic E-state index is 13.9. The van der Waals surface area contributed by atoms with E-state index in [9.17, 15) is 17.6 Å². The lowest BCUT2D eigenvalue weighted by Gasteiger charge is -2.36. The Balaban J connectivity index is 1.37. The van der Waals surface area contributed by atoms with Crippen LogP contribution in [-0.4, -0.2) is 56.1 Å². The largest absolute Gasteiger partial charge is 0.366 e. The smallest absolute Gasteiger partial charge is 0.223 e. The van der Waals surface area contributed by atoms with E-state index in [-0.39, 0.29) is 28.8 Å². The number of thiazole rings is 1. The first-order valence-electron chi connectivity index (χ1n) is 9.28. The fourth-order valence-corrected chi connectivity index (χ4v) is 6.06. The van der Waals surface area contributed by atoms with Crippen LogP contribution in [0.4, 0.5) is 10.1 Å². The van der Waals surface area contributed by atoms with Crippen LogP contribution in [0.15, 0.2) is 52.9 Å². The molecule has 0 saturated carbocycles. The number of benzene rings is 2. The van der Waals surface area contributed by atoms with Crippen molar-refractivity contribution in [2.24, 2.45) is 0 Å². The first-order chi connectivity index (χ1) is 14.0. The number of nitrogens with zero attached hydrogens (tertiary/aromatic N) is 3. The van der Waals surface area contributed by atoms with Gasteiger partial charge in [-0.15, -0.1) is 11.3 Å². The highest BCUT2D eigenvalue weighted by Gasteiger charge is 2.25. The molecule has 152 valence electrons. The van der Waals surface area contributed by atoms with Crippen LogP contribution in [0.3, 0.4) is 0 Å². The first kappa shape index (κ1) is 19.8. The summed E-state index contributed by atoms with van der Waals surface area (Å²) < 4.78 is 40.1. The number of hydrogen-bond donors (Lipinski definition) is 0. The third kappa shape index (κ3) is 4.11. The number of hydrogen-bond acceptors (Lipinski definition) is 6. The Morgan fingerprint density at radius 2 is 1.83 bits per heavy atom. The molecular formula is C20H20FN3O3S2. The van der Waals surface area contributed by atoms with E-state index >= 15 is 0 Å². The third-order valence-corrected chi connectivity index (χ3v) is 7.82. The van der Waals surface area contributed by atoms with Gasteiger partial charge in [0.25, 0.3) is 0 Å². The second-order valence-electron chi connectivity index (χ2n) is 6.84. The van der Waals surface area contributed by atoms with Gasteiger partial charge in [-0.1, -0.05) is 18.2 Å². The van der Waals surface area contributed by atoms with Crippen LogP contribution in [0.1, 0.15) is 6.42 Å². The van der Waals surface area contributed by atoms with Crippen LogP contribution < -0.4 is 4.90 Å². The molecule has 0 N–H and O–H groups in total. The Hall–Kier alpha value is -2.52. The Labute approximate surface area is 172 Å². The lowest BCUT2D eigenvalue weighted by atomic mass is 10.2. The lowest BCUT2D eigenvalue weighted by molar-refractivity contribution is -0.131. The van der Waals surface area contributed by atoms with Crippen molar-refractivity contribution in [1.82, 2.24) is 9.88 Å². The molecule has 9 heteroatoms. The monoisotopic (exact) mass is 433 g/mol. The summed E-state index contributed by atoms with van der Waals surface area (Å²) in [4.78, 5) is 20.5. The average molecular weight is 434 g/mol. The molecular weight excluding hydrogens is 413 g/mol. The summed E-state index contributed by atoms with van der Waals surface area (Å²) in [6, 6.07) is 11.6. The van der Waals surface area contributed by atoms with Gasteiger partial charge in [-0.25, -0.2) is 17.8 Å². The van der Waals surface area contributed by atoms with Crippen LogP contribution in [0.2, 0.25) is 0 Å². The second kappa shape index (κ2) is 8.08. The zero-order chi connectivity index (χ0) is 20.4. The van der Waals surface area contributed by atoms with Crippen molar-refractivity contribution in [2.75, 3.05) is 36.8 Å². The minimum atomic E-state index is -3.59. The van der Waals surface area contributed by atoms with Gasteiger partial charge in [0.15, 0.2) is 9.84 Å². The molecule has 0 aliphatic carbocycles. The number of halogens is 1. The number of fused-ring (bicyclic) bond motifs is 1. The summed E-state index contributed by atoms with van der Waals surface area (Å²) in [6.45, 7) is 1.91. The Morgan fingerprint density at radius 3 is 2.59 bits per heavy atom. The van der Waals surface area contributed by atoms with Crippen molar-refractivity contribution < 1.29 is 17.6 Å². The summed E-state index contributed by atoms with van der Waals surface area (Å²) in [5.74, 6) is -0.718. The van der Waals surface area contributed by atoms with E-state index in [1.165, 1.54) is 17.4 Å². The van der Waals surface area contributed by atoms with Crippen LogP contribution >= 0.6 is 11.3 Å². The predicted octanol–water partition coefficient (Wildman–Crippen LogP) is 2.95. The highest BCUT2D eigenvalue weighted by molar-refractivity contribution is 7.91. The molecule has 1 fully saturated rings. The van der Waals surface area contributed by atoms with E-state index in [4.69, 9.17) is 0 Å². The second-order valence-corrected chi connectivity index (χ2v) is 9.78. The van der Waals surface area contributed by atoms with Crippen LogP contribution in [0.5, 0.6) is 0 Å². The quantitative estimate of drug-likeness (QED) is 0.619. The fraction of sp³-hybridized carbons (Fsp3) is 0.300. The number of carbonyl (C=O) groups excluding carboxylic acids is 1. The normalized spacial score (nSPS) is 15.1. The fourth-order valence-electron chi connectivity index (χ4n) is 3.50. The van der Waals surface area contributed by atoms with Gasteiger partial charge in [-0.05, 0) is 24.3 Å². The molecule has 0 atom stereocenters. The number of para-hydroxylation sites is 1. The third-order valence-electron chi connectivity index (χ3n) is 5.07. The van der Waals surface area contributed by atoms with Crippen LogP contribution in [0, 0.1) is 5.82 Å². The summed E-state index contributed by atoms with van der Waals surface area (Å²) in [5, 5.41) is 0. The molecule has 1 saturated heterocycles. The average Bonchev–Trinajstić information content (AvgIpc) is 3.21. The highest BCUT2D eigenvalue weighted by atomic mass is 32.2. The van der Waals surface area contributed by atoms with Gasteiger partial charge in [-0.3, -0.25) is 4.79 Å². The van der Waals surface area contributed by atoms with E-state index in [1.807, 2.05) is 4.90 Å². The topological polar surface area (TPSA) is 70.6 Å². The molecule has 1 aliphatic rings. The number of sulfone groups is 1. The summed E-state index contributed by atoms with van der Waals surface area (Å²) in [5.41, 5.74) is 2.79. The molecule has 0 spiro atoms. The van der Waals surface area contributed by atoms with Crippen molar-refractivity contribution in [3.63, 3.8) is 0 Å². The summed E-state index contributed by atoms with van der Waals surface area (Å²) in [6.07, 6.45) is -0.0722. The molecule has 1 aliphatic heterocycles. The molecule has 1 aromatic heterocycles. The van der Waals surface area contributed by atoms with Gasteiger partial charge in [-0.2, -0.15) is 0 Å². The van der Waals surface area contributed by atoms with Crippen LogP contribution in [-0.2, 0) is 14.6 Å². The summed E-state index contributed by atoms with van der Waals surface area (Å²) >= 11 is 1.28. The van der Waals surface area contributed by atoms with Crippen molar-refractivity contribution in [2.45, 2.75) is 11.3 Å². The van der Waals surface area contributed by atoms with Gasteiger partial charge >= 0.3 is 0 Å². The van der Waals surface area contributed by atoms with E-state index < -0.39 is 9.84 Å². The molecule has 0 radical (unpaired) electrons. The van der Waals surface area contributed by atoms with E-state index in [0.717, 1.165) is 0 Å². The SMILES string of the molecule is O=C(CCS(=O)(=O)c1cccc2ncsc12)N1CCN(c2ccccc2F)CC1. The summed E-state index contributed by atoms with van der Waals surface area (Å²) in [7, 11) is -3.59. The number of anilines is 1. The molecule has 4 rings (SSSR count). The molecule has 0 bridgehead atoms. The van der Waals surface area contributed by atoms with Crippen molar-refractivity contribution in [1.29, 1.82) is 0 Å². The molecule has 6 nitrogen and oxygen atoms in total. The molecule has 1 amide bonds. The molecule has 0 unspecified atom stereocenters. The lowest BCUT2D eigenvalue weighted by Crippen LogP contribution is -2.49. The maximum atomic E-state index is 13.9. The molecule has 3 aromatic rings. The van der Waals surface area contributed by atoms with Gasteiger partial charge in [0.05, 0.1) is 32.1 Å². The minimum absolute atomic E-state index is 0.0722. The predicted molar refractivity (Wildman–Crippen MR) is 111 cm³/mol. The van der Waals surface area contributed by atoms with Gasteiger partial charge in [0.1, 0.15) is 5.82 Å². The minimum Gasteiger partial charge on any atom is -0.366 e. The Bertz CT molecular complexity index is 1140. The van der Waals surface area contributed by atoms with E-state index in [1.54, 1.807) is 46.8 Å². The number of rotatable bonds is 5. The van der Waals surface area contributed by atoms with Gasteiger partial charge in [0.2, 0.25) is 5.91 Å². The first-order valence-corrected chi connectivity index (χ1v) is 11.8. The molecule has 29 heavy (non-hydrogen) atoms. The van der Waals surface area contributed by atoms with Crippen molar-refractivity contribution >= 4 is 43.0 Å². The van der Waals surface area contributed by atoms with Crippen molar-refractivity contribution in [3.8, 4) is 0 Å². The zero-order valence-electron chi connectivity index (χ0n) is 15.6. The van der Waals surface area contributed by atoms with Gasteiger partial charge in [0, 0.05) is 32.6 Å². The standard InChI is InChI=1S/C20H20FN3O3S2/c21-15-4-1-2-6-17(15)23-9-11-24(12-10-23)19(25)8-13-29(26,27)18-7-3-5-16-20(18)28-14-22-16/h1-7,14H,8-13H2. The van der Waals surface area contributed by atoms with E-state index in [2.05, 4.69) is 4.98 Å². The van der Waals surface area contributed by atoms with E-state index in [0.29, 0.717) is 42.1 Å².